The number of hydrogen-bond donors (Lipinski definition) is 0. The fourth-order valence-corrected chi connectivity index (χ4v) is 18.0. The van der Waals surface area contributed by atoms with Gasteiger partial charge in [0, 0.05) is 69.8 Å². The average molecular weight is 1340 g/mol. The van der Waals surface area contributed by atoms with Crippen molar-refractivity contribution in [3.8, 4) is 61.3 Å². The molecule has 4 heteroatoms. The number of rotatable bonds is 6. The molecular weight excluding hydrogens is 1250 g/mol. The highest BCUT2D eigenvalue weighted by molar-refractivity contribution is 7.26. The van der Waals surface area contributed by atoms with Crippen LogP contribution in [0.15, 0.2) is 224 Å². The van der Waals surface area contributed by atoms with E-state index in [4.69, 9.17) is 0 Å². The molecule has 102 heavy (non-hydrogen) atoms. The van der Waals surface area contributed by atoms with Gasteiger partial charge < -0.3 is 13.4 Å². The largest absolute Gasteiger partial charge is 0.309 e. The number of thiophene rings is 1. The summed E-state index contributed by atoms with van der Waals surface area (Å²) in [6.45, 7) is 42.6. The normalized spacial score (nSPS) is 13.4. The second-order valence-electron chi connectivity index (χ2n) is 36.0. The van der Waals surface area contributed by atoms with Crippen LogP contribution in [0.2, 0.25) is 0 Å². The van der Waals surface area contributed by atoms with E-state index >= 15 is 0 Å². The third kappa shape index (κ3) is 9.93. The molecule has 12 aromatic carbocycles. The zero-order valence-corrected chi connectivity index (χ0v) is 63.4. The maximum Gasteiger partial charge on any atom is 0.0728 e. The van der Waals surface area contributed by atoms with Gasteiger partial charge in [-0.1, -0.05) is 270 Å². The molecule has 0 aliphatic rings. The predicted octanol–water partition coefficient (Wildman–Crippen LogP) is 28.4. The number of nitrogens with zero attached hydrogens (tertiary/aromatic N) is 3. The maximum absolute atomic E-state index is 2.72. The third-order valence-electron chi connectivity index (χ3n) is 22.7. The van der Waals surface area contributed by atoms with Gasteiger partial charge in [0.25, 0.3) is 0 Å². The van der Waals surface area contributed by atoms with Gasteiger partial charge in [-0.3, -0.25) is 0 Å². The molecule has 6 aromatic heterocycles. The Bertz CT molecular complexity index is 6430. The van der Waals surface area contributed by atoms with E-state index in [0.29, 0.717) is 0 Å². The lowest BCUT2D eigenvalue weighted by atomic mass is 9.78. The molecule has 18 rings (SSSR count). The Morgan fingerprint density at radius 1 is 0.235 bits per heavy atom. The molecule has 0 saturated heterocycles. The van der Waals surface area contributed by atoms with Gasteiger partial charge in [0.1, 0.15) is 0 Å². The van der Waals surface area contributed by atoms with Crippen LogP contribution >= 0.6 is 11.3 Å². The molecule has 0 N–H and O–H groups in total. The van der Waals surface area contributed by atoms with Gasteiger partial charge in [-0.2, -0.15) is 0 Å². The molecular formula is C98H91N3S. The molecule has 0 unspecified atom stereocenters. The maximum atomic E-state index is 2.72. The Morgan fingerprint density at radius 2 is 0.667 bits per heavy atom. The Labute approximate surface area is 604 Å². The van der Waals surface area contributed by atoms with Gasteiger partial charge in [-0.15, -0.1) is 11.3 Å². The fraction of sp³-hybridized carbons (Fsp3) is 0.245. The van der Waals surface area contributed by atoms with Crippen molar-refractivity contribution in [2.24, 2.45) is 0 Å². The van der Waals surface area contributed by atoms with Gasteiger partial charge in [-0.25, -0.2) is 0 Å². The molecule has 18 aromatic rings. The van der Waals surface area contributed by atoms with Crippen LogP contribution in [0.3, 0.4) is 0 Å². The van der Waals surface area contributed by atoms with Crippen LogP contribution in [0.5, 0.6) is 0 Å². The molecule has 0 saturated carbocycles. The minimum absolute atomic E-state index is 0.0348. The SMILES string of the molecule is CC(C)(C)c1cc(-c2cc(-c3ccc4c(c3)c3ccccc3n4-c3cccc(-c4ccccc4)c3)c3c(c2)c2cc(-c4cc(C(C)(C)C)cc(C(C)(C)C)c4)cc4c5c(ccc6c7cc(-c8cc(C(C)(C)C)cc(C(C)(C)C)c8)cc8c9sc%10ccccc%10c9n(c78)c65)n3c24)cc(C(C)(C)C)c1. The summed E-state index contributed by atoms with van der Waals surface area (Å²) in [4.78, 5) is 0. The second kappa shape index (κ2) is 21.8. The molecule has 0 amide bonds. The van der Waals surface area contributed by atoms with Crippen LogP contribution in [0, 0.1) is 0 Å². The monoisotopic (exact) mass is 1340 g/mol. The molecule has 3 nitrogen and oxygen atoms in total. The first kappa shape index (κ1) is 64.1. The second-order valence-corrected chi connectivity index (χ2v) is 37.0. The zero-order valence-electron chi connectivity index (χ0n) is 62.6. The quantitative estimate of drug-likeness (QED) is 0.158. The van der Waals surface area contributed by atoms with E-state index in [1.807, 2.05) is 11.3 Å². The highest BCUT2D eigenvalue weighted by atomic mass is 32.1. The van der Waals surface area contributed by atoms with Crippen LogP contribution in [0.1, 0.15) is 158 Å². The van der Waals surface area contributed by atoms with Crippen molar-refractivity contribution in [3.63, 3.8) is 0 Å². The van der Waals surface area contributed by atoms with Crippen molar-refractivity contribution >= 4 is 119 Å². The standard InChI is InChI=1S/C98H91N3S/c1-93(2,3)65-39-59(40-66(53-65)94(4,5)6)62-47-75(58-35-37-83-76(46-58)72-31-22-24-33-82(72)99(83)71-30-26-29-57(45-71)56-27-20-19-21-28-56)87-78(49-62)79-50-63(60-41-67(95(7,8)9)54-68(42-60)96(10,11)12)51-80-86-84(100(87)88(79)80)38-36-73-77-48-64(61-43-69(97(13,14)15)55-70(44-61)98(16,17)18)52-81-89(77)101(90(73)86)91-74-32-23-25-34-85(74)102-92(81)91/h19-55H,1-18H3. The average Bonchev–Trinajstić information content (AvgIpc) is 1.50. The zero-order chi connectivity index (χ0) is 71.0. The van der Waals surface area contributed by atoms with Crippen LogP contribution in [-0.2, 0) is 32.5 Å². The lowest BCUT2D eigenvalue weighted by molar-refractivity contribution is 0.568. The van der Waals surface area contributed by atoms with E-state index in [1.54, 1.807) is 0 Å². The number of benzene rings is 12. The predicted molar refractivity (Wildman–Crippen MR) is 445 cm³/mol. The van der Waals surface area contributed by atoms with E-state index in [9.17, 15) is 0 Å². The molecule has 0 radical (unpaired) electrons. The van der Waals surface area contributed by atoms with Gasteiger partial charge >= 0.3 is 0 Å². The number of para-hydroxylation sites is 1. The van der Waals surface area contributed by atoms with E-state index in [1.165, 1.54) is 196 Å². The van der Waals surface area contributed by atoms with E-state index in [-0.39, 0.29) is 32.5 Å². The molecule has 0 aliphatic heterocycles. The summed E-state index contributed by atoms with van der Waals surface area (Å²) in [5, 5.41) is 12.7. The minimum Gasteiger partial charge on any atom is -0.309 e. The summed E-state index contributed by atoms with van der Waals surface area (Å²) >= 11 is 1.95. The number of fused-ring (bicyclic) bond motifs is 18. The van der Waals surface area contributed by atoms with Crippen molar-refractivity contribution in [3.05, 3.63) is 258 Å². The van der Waals surface area contributed by atoms with Crippen molar-refractivity contribution in [1.29, 1.82) is 0 Å². The first-order valence-corrected chi connectivity index (χ1v) is 37.7. The fourth-order valence-electron chi connectivity index (χ4n) is 16.8. The number of aromatic nitrogens is 3. The van der Waals surface area contributed by atoms with Gasteiger partial charge in [0.15, 0.2) is 0 Å². The first-order chi connectivity index (χ1) is 48.3. The molecule has 0 atom stereocenters. The summed E-state index contributed by atoms with van der Waals surface area (Å²) in [5.74, 6) is 0. The highest BCUT2D eigenvalue weighted by Crippen LogP contribution is 2.54. The molecule has 6 heterocycles. The molecule has 0 spiro atoms. The van der Waals surface area contributed by atoms with E-state index < -0.39 is 0 Å². The Balaban J connectivity index is 1.01. The summed E-state index contributed by atoms with van der Waals surface area (Å²) < 4.78 is 10.6. The highest BCUT2D eigenvalue weighted by Gasteiger charge is 2.32. The third-order valence-corrected chi connectivity index (χ3v) is 23.9. The van der Waals surface area contributed by atoms with Crippen LogP contribution in [-0.4, -0.2) is 13.4 Å². The lowest BCUT2D eigenvalue weighted by Gasteiger charge is -2.26. The van der Waals surface area contributed by atoms with Gasteiger partial charge in [0.2, 0.25) is 0 Å². The smallest absolute Gasteiger partial charge is 0.0728 e. The molecule has 0 fully saturated rings. The minimum atomic E-state index is -0.0846. The Hall–Kier alpha value is -10.0. The molecule has 0 aliphatic carbocycles. The van der Waals surface area contributed by atoms with E-state index in [2.05, 4.69) is 362 Å². The summed E-state index contributed by atoms with van der Waals surface area (Å²) in [5.41, 5.74) is 31.1. The van der Waals surface area contributed by atoms with Crippen molar-refractivity contribution in [2.75, 3.05) is 0 Å². The van der Waals surface area contributed by atoms with E-state index in [0.717, 1.165) is 5.69 Å². The van der Waals surface area contributed by atoms with Crippen molar-refractivity contribution < 1.29 is 0 Å². The van der Waals surface area contributed by atoms with Gasteiger partial charge in [-0.05, 0) is 195 Å². The number of hydrogen-bond acceptors (Lipinski definition) is 1. The summed E-state index contributed by atoms with van der Waals surface area (Å²) in [6, 6.07) is 88.1. The topological polar surface area (TPSA) is 13.8 Å². The molecule has 0 bridgehead atoms. The summed E-state index contributed by atoms with van der Waals surface area (Å²) in [6.07, 6.45) is 0. The molecule has 504 valence electrons. The first-order valence-electron chi connectivity index (χ1n) is 36.9. The van der Waals surface area contributed by atoms with Crippen LogP contribution in [0.4, 0.5) is 0 Å². The van der Waals surface area contributed by atoms with Crippen LogP contribution < -0.4 is 0 Å². The Kier molecular flexibility index (Phi) is 13.7. The van der Waals surface area contributed by atoms with Crippen molar-refractivity contribution in [1.82, 2.24) is 13.4 Å². The lowest BCUT2D eigenvalue weighted by Crippen LogP contribution is -2.16. The Morgan fingerprint density at radius 3 is 1.24 bits per heavy atom. The van der Waals surface area contributed by atoms with Crippen LogP contribution in [0.25, 0.3) is 169 Å². The summed E-state index contributed by atoms with van der Waals surface area (Å²) in [7, 11) is 0. The van der Waals surface area contributed by atoms with Gasteiger partial charge in [0.05, 0.1) is 48.8 Å². The van der Waals surface area contributed by atoms with Crippen molar-refractivity contribution in [2.45, 2.75) is 157 Å².